The zero-order chi connectivity index (χ0) is 12.5. The van der Waals surface area contributed by atoms with E-state index in [9.17, 15) is 8.42 Å². The molecule has 0 radical (unpaired) electrons. The monoisotopic (exact) mass is 296 g/mol. The fourth-order valence-corrected chi connectivity index (χ4v) is 4.49. The number of nitrogens with zero attached hydrogens (tertiary/aromatic N) is 1. The van der Waals surface area contributed by atoms with Gasteiger partial charge in [0.25, 0.3) is 0 Å². The van der Waals surface area contributed by atoms with Crippen molar-refractivity contribution in [2.45, 2.75) is 44.8 Å². The Morgan fingerprint density at radius 3 is 2.44 bits per heavy atom. The maximum atomic E-state index is 12.2. The van der Waals surface area contributed by atoms with E-state index in [2.05, 4.69) is 5.32 Å². The van der Waals surface area contributed by atoms with Crippen LogP contribution in [-0.2, 0) is 10.0 Å². The van der Waals surface area contributed by atoms with Gasteiger partial charge in [0.1, 0.15) is 0 Å². The lowest BCUT2D eigenvalue weighted by Gasteiger charge is -2.45. The van der Waals surface area contributed by atoms with Gasteiger partial charge in [0.2, 0.25) is 10.0 Å². The lowest BCUT2D eigenvalue weighted by molar-refractivity contribution is 0.110. The third-order valence-electron chi connectivity index (χ3n) is 4.14. The molecule has 0 amide bonds. The molecule has 0 aromatic heterocycles. The summed E-state index contributed by atoms with van der Waals surface area (Å²) >= 11 is 0. The summed E-state index contributed by atoms with van der Waals surface area (Å²) in [6, 6.07) is 0. The molecular weight excluding hydrogens is 272 g/mol. The van der Waals surface area contributed by atoms with Gasteiger partial charge in [-0.1, -0.05) is 0 Å². The van der Waals surface area contributed by atoms with Gasteiger partial charge in [-0.2, -0.15) is 0 Å². The van der Waals surface area contributed by atoms with Gasteiger partial charge in [-0.15, -0.1) is 12.4 Å². The summed E-state index contributed by atoms with van der Waals surface area (Å²) in [7, 11) is -3.07. The quantitative estimate of drug-likeness (QED) is 0.842. The van der Waals surface area contributed by atoms with Crippen molar-refractivity contribution in [2.24, 2.45) is 5.41 Å². The van der Waals surface area contributed by atoms with Gasteiger partial charge in [-0.05, 0) is 51.5 Å². The van der Waals surface area contributed by atoms with E-state index in [1.165, 1.54) is 19.3 Å². The zero-order valence-electron chi connectivity index (χ0n) is 11.3. The maximum Gasteiger partial charge on any atom is 0.216 e. The molecular formula is C12H25ClN2O2S. The van der Waals surface area contributed by atoms with Crippen LogP contribution in [0.4, 0.5) is 0 Å². The Kier molecular flexibility index (Phi) is 5.47. The van der Waals surface area contributed by atoms with Crippen molar-refractivity contribution in [3.05, 3.63) is 0 Å². The predicted octanol–water partition coefficient (Wildman–Crippen LogP) is 1.61. The first-order valence-electron chi connectivity index (χ1n) is 6.66. The van der Waals surface area contributed by atoms with Crippen molar-refractivity contribution in [1.29, 1.82) is 0 Å². The lowest BCUT2D eigenvalue weighted by atomic mass is 9.75. The van der Waals surface area contributed by atoms with E-state index >= 15 is 0 Å². The standard InChI is InChI=1S/C12H24N2O2S.ClH/c1-11(2)17(15,16)14-8-4-6-12(10-14)5-3-7-13-9-12;/h11,13H,3-10H2,1-2H3;1H. The molecule has 108 valence electrons. The molecule has 2 heterocycles. The van der Waals surface area contributed by atoms with Crippen LogP contribution < -0.4 is 5.32 Å². The molecule has 1 N–H and O–H groups in total. The molecule has 0 bridgehead atoms. The van der Waals surface area contributed by atoms with E-state index in [0.717, 1.165) is 26.1 Å². The van der Waals surface area contributed by atoms with Crippen molar-refractivity contribution in [2.75, 3.05) is 26.2 Å². The minimum Gasteiger partial charge on any atom is -0.316 e. The second-order valence-corrected chi connectivity index (χ2v) is 8.30. The molecule has 2 saturated heterocycles. The van der Waals surface area contributed by atoms with Crippen LogP contribution in [0.1, 0.15) is 39.5 Å². The molecule has 2 fully saturated rings. The lowest BCUT2D eigenvalue weighted by Crippen LogP contribution is -2.53. The first-order valence-corrected chi connectivity index (χ1v) is 8.16. The normalized spacial score (nSPS) is 30.4. The van der Waals surface area contributed by atoms with Gasteiger partial charge in [0, 0.05) is 19.6 Å². The Labute approximate surface area is 117 Å². The minimum absolute atomic E-state index is 0. The molecule has 1 spiro atoms. The van der Waals surface area contributed by atoms with Gasteiger partial charge in [0.15, 0.2) is 0 Å². The molecule has 2 aliphatic rings. The first-order chi connectivity index (χ1) is 7.96. The van der Waals surface area contributed by atoms with Gasteiger partial charge in [-0.3, -0.25) is 0 Å². The maximum absolute atomic E-state index is 12.2. The molecule has 0 saturated carbocycles. The molecule has 1 unspecified atom stereocenters. The van der Waals surface area contributed by atoms with E-state index in [-0.39, 0.29) is 23.1 Å². The van der Waals surface area contributed by atoms with Crippen LogP contribution in [0.5, 0.6) is 0 Å². The SMILES string of the molecule is CC(C)S(=O)(=O)N1CCCC2(CCCNC2)C1.Cl. The summed E-state index contributed by atoms with van der Waals surface area (Å²) < 4.78 is 26.2. The smallest absolute Gasteiger partial charge is 0.216 e. The van der Waals surface area contributed by atoms with Crippen LogP contribution in [0.3, 0.4) is 0 Å². The van der Waals surface area contributed by atoms with Crippen molar-refractivity contribution in [3.8, 4) is 0 Å². The van der Waals surface area contributed by atoms with Gasteiger partial charge >= 0.3 is 0 Å². The Hall–Kier alpha value is 0.160. The molecule has 2 aliphatic heterocycles. The van der Waals surface area contributed by atoms with Gasteiger partial charge < -0.3 is 5.32 Å². The van der Waals surface area contributed by atoms with Crippen molar-refractivity contribution >= 4 is 22.4 Å². The number of rotatable bonds is 2. The largest absolute Gasteiger partial charge is 0.316 e. The minimum atomic E-state index is -3.07. The van der Waals surface area contributed by atoms with Gasteiger partial charge in [0.05, 0.1) is 5.25 Å². The first kappa shape index (κ1) is 16.2. The topological polar surface area (TPSA) is 49.4 Å². The van der Waals surface area contributed by atoms with Crippen LogP contribution in [-0.4, -0.2) is 44.2 Å². The van der Waals surface area contributed by atoms with Gasteiger partial charge in [-0.25, -0.2) is 12.7 Å². The molecule has 4 nitrogen and oxygen atoms in total. The highest BCUT2D eigenvalue weighted by molar-refractivity contribution is 7.89. The summed E-state index contributed by atoms with van der Waals surface area (Å²) in [5.41, 5.74) is 0.207. The van der Waals surface area contributed by atoms with Crippen LogP contribution >= 0.6 is 12.4 Å². The second-order valence-electron chi connectivity index (χ2n) is 5.81. The highest BCUT2D eigenvalue weighted by Gasteiger charge is 2.40. The molecule has 0 aliphatic carbocycles. The molecule has 6 heteroatoms. The van der Waals surface area contributed by atoms with Crippen molar-refractivity contribution in [1.82, 2.24) is 9.62 Å². The predicted molar refractivity (Wildman–Crippen MR) is 76.6 cm³/mol. The molecule has 18 heavy (non-hydrogen) atoms. The second kappa shape index (κ2) is 6.07. The number of hydrogen-bond donors (Lipinski definition) is 1. The molecule has 0 aromatic carbocycles. The summed E-state index contributed by atoms with van der Waals surface area (Å²) in [6.45, 7) is 7.05. The van der Waals surface area contributed by atoms with Crippen LogP contribution in [0.2, 0.25) is 0 Å². The Balaban J connectivity index is 0.00000162. The highest BCUT2D eigenvalue weighted by Crippen LogP contribution is 2.37. The fourth-order valence-electron chi connectivity index (χ4n) is 3.06. The molecule has 0 aromatic rings. The number of sulfonamides is 1. The Morgan fingerprint density at radius 1 is 1.22 bits per heavy atom. The van der Waals surface area contributed by atoms with Crippen LogP contribution in [0, 0.1) is 5.41 Å². The number of hydrogen-bond acceptors (Lipinski definition) is 3. The van der Waals surface area contributed by atoms with Crippen LogP contribution in [0.15, 0.2) is 0 Å². The van der Waals surface area contributed by atoms with E-state index in [0.29, 0.717) is 6.54 Å². The third kappa shape index (κ3) is 3.18. The summed E-state index contributed by atoms with van der Waals surface area (Å²) in [5.74, 6) is 0. The summed E-state index contributed by atoms with van der Waals surface area (Å²) in [4.78, 5) is 0. The summed E-state index contributed by atoms with van der Waals surface area (Å²) in [5, 5.41) is 3.13. The molecule has 2 rings (SSSR count). The Bertz CT molecular complexity index is 359. The van der Waals surface area contributed by atoms with Crippen LogP contribution in [0.25, 0.3) is 0 Å². The van der Waals surface area contributed by atoms with Crippen molar-refractivity contribution < 1.29 is 8.42 Å². The molecule has 1 atom stereocenters. The average Bonchev–Trinajstić information content (AvgIpc) is 2.30. The third-order valence-corrected chi connectivity index (χ3v) is 6.37. The van der Waals surface area contributed by atoms with E-state index in [1.807, 2.05) is 0 Å². The van der Waals surface area contributed by atoms with E-state index in [4.69, 9.17) is 0 Å². The average molecular weight is 297 g/mol. The highest BCUT2D eigenvalue weighted by atomic mass is 35.5. The van der Waals surface area contributed by atoms with Crippen molar-refractivity contribution in [3.63, 3.8) is 0 Å². The Morgan fingerprint density at radius 2 is 1.89 bits per heavy atom. The van der Waals surface area contributed by atoms with E-state index < -0.39 is 10.0 Å². The number of nitrogens with one attached hydrogen (secondary N) is 1. The van der Waals surface area contributed by atoms with E-state index in [1.54, 1.807) is 18.2 Å². The number of piperidine rings is 2. The summed E-state index contributed by atoms with van der Waals surface area (Å²) in [6.07, 6.45) is 4.53. The fraction of sp³-hybridized carbons (Fsp3) is 1.00. The number of halogens is 1. The zero-order valence-corrected chi connectivity index (χ0v) is 12.9.